The van der Waals surface area contributed by atoms with E-state index in [1.807, 2.05) is 6.07 Å². The van der Waals surface area contributed by atoms with Gasteiger partial charge in [0.05, 0.1) is 12.7 Å². The summed E-state index contributed by atoms with van der Waals surface area (Å²) in [7, 11) is 0. The van der Waals surface area contributed by atoms with Crippen LogP contribution < -0.4 is 5.73 Å². The number of halogens is 1. The standard InChI is InChI=1S/C8H8IN5/c9-7-4-12-13-14(7)5-6-1-2-8(10)11-3-6/h1-4H,5H2,(H2,10,11). The van der Waals surface area contributed by atoms with Gasteiger partial charge in [0.1, 0.15) is 9.52 Å². The highest BCUT2D eigenvalue weighted by Crippen LogP contribution is 2.06. The molecule has 72 valence electrons. The number of rotatable bonds is 2. The third-order valence-electron chi connectivity index (χ3n) is 1.75. The minimum atomic E-state index is 0.530. The van der Waals surface area contributed by atoms with Crippen LogP contribution in [0.15, 0.2) is 24.5 Å². The molecule has 0 amide bonds. The van der Waals surface area contributed by atoms with E-state index in [1.54, 1.807) is 23.1 Å². The molecular weight excluding hydrogens is 293 g/mol. The van der Waals surface area contributed by atoms with Gasteiger partial charge in [-0.25, -0.2) is 9.67 Å². The molecule has 2 aromatic heterocycles. The average molecular weight is 301 g/mol. The highest BCUT2D eigenvalue weighted by molar-refractivity contribution is 14.1. The Balaban J connectivity index is 2.19. The molecule has 0 radical (unpaired) electrons. The minimum Gasteiger partial charge on any atom is -0.384 e. The van der Waals surface area contributed by atoms with Gasteiger partial charge in [-0.2, -0.15) is 0 Å². The Morgan fingerprint density at radius 2 is 2.21 bits per heavy atom. The molecule has 0 saturated heterocycles. The predicted molar refractivity (Wildman–Crippen MR) is 60.5 cm³/mol. The molecule has 0 aliphatic heterocycles. The lowest BCUT2D eigenvalue weighted by molar-refractivity contribution is 0.635. The fraction of sp³-hybridized carbons (Fsp3) is 0.125. The third kappa shape index (κ3) is 2.00. The molecule has 0 aromatic carbocycles. The highest BCUT2D eigenvalue weighted by Gasteiger charge is 2.00. The van der Waals surface area contributed by atoms with E-state index in [-0.39, 0.29) is 0 Å². The molecule has 14 heavy (non-hydrogen) atoms. The summed E-state index contributed by atoms with van der Waals surface area (Å²) in [5, 5.41) is 7.73. The van der Waals surface area contributed by atoms with Gasteiger partial charge in [0.2, 0.25) is 0 Å². The fourth-order valence-electron chi connectivity index (χ4n) is 1.05. The van der Waals surface area contributed by atoms with E-state index < -0.39 is 0 Å². The number of aromatic nitrogens is 4. The van der Waals surface area contributed by atoms with Gasteiger partial charge in [-0.1, -0.05) is 11.3 Å². The van der Waals surface area contributed by atoms with Gasteiger partial charge in [0.15, 0.2) is 0 Å². The predicted octanol–water partition coefficient (Wildman–Crippen LogP) is 0.908. The summed E-state index contributed by atoms with van der Waals surface area (Å²) in [6, 6.07) is 3.71. The first-order chi connectivity index (χ1) is 6.75. The van der Waals surface area contributed by atoms with Crippen molar-refractivity contribution < 1.29 is 0 Å². The zero-order valence-electron chi connectivity index (χ0n) is 7.26. The number of hydrogen-bond acceptors (Lipinski definition) is 4. The van der Waals surface area contributed by atoms with Crippen LogP contribution in [0.25, 0.3) is 0 Å². The maximum atomic E-state index is 5.48. The van der Waals surface area contributed by atoms with Crippen molar-refractivity contribution in [3.63, 3.8) is 0 Å². The zero-order chi connectivity index (χ0) is 9.97. The van der Waals surface area contributed by atoms with E-state index in [9.17, 15) is 0 Å². The number of hydrogen-bond donors (Lipinski definition) is 1. The summed E-state index contributed by atoms with van der Waals surface area (Å²) in [4.78, 5) is 4.00. The SMILES string of the molecule is Nc1ccc(Cn2nncc2I)cn1. The molecule has 0 fully saturated rings. The molecule has 0 bridgehead atoms. The van der Waals surface area contributed by atoms with Crippen LogP contribution in [0.2, 0.25) is 0 Å². The Morgan fingerprint density at radius 1 is 1.36 bits per heavy atom. The molecule has 0 aliphatic rings. The van der Waals surface area contributed by atoms with Crippen molar-refractivity contribution in [2.75, 3.05) is 5.73 Å². The summed E-state index contributed by atoms with van der Waals surface area (Å²) in [6.45, 7) is 0.672. The van der Waals surface area contributed by atoms with Crippen LogP contribution in [0.1, 0.15) is 5.56 Å². The van der Waals surface area contributed by atoms with Gasteiger partial charge in [0.25, 0.3) is 0 Å². The van der Waals surface area contributed by atoms with Gasteiger partial charge < -0.3 is 5.73 Å². The lowest BCUT2D eigenvalue weighted by Crippen LogP contribution is -2.04. The van der Waals surface area contributed by atoms with Gasteiger partial charge in [-0.3, -0.25) is 0 Å². The Kier molecular flexibility index (Phi) is 2.62. The number of anilines is 1. The second kappa shape index (κ2) is 3.91. The molecule has 0 aliphatic carbocycles. The number of pyridine rings is 1. The Morgan fingerprint density at radius 3 is 2.79 bits per heavy atom. The van der Waals surface area contributed by atoms with Gasteiger partial charge in [0, 0.05) is 6.20 Å². The quantitative estimate of drug-likeness (QED) is 0.837. The van der Waals surface area contributed by atoms with Crippen LogP contribution in [-0.2, 0) is 6.54 Å². The van der Waals surface area contributed by atoms with E-state index in [0.717, 1.165) is 9.26 Å². The monoisotopic (exact) mass is 301 g/mol. The summed E-state index contributed by atoms with van der Waals surface area (Å²) in [5.74, 6) is 0.530. The Hall–Kier alpha value is -1.18. The summed E-state index contributed by atoms with van der Waals surface area (Å²) in [5.41, 5.74) is 6.54. The Bertz CT molecular complexity index is 422. The fourth-order valence-corrected chi connectivity index (χ4v) is 1.45. The van der Waals surface area contributed by atoms with Gasteiger partial charge in [-0.15, -0.1) is 5.10 Å². The second-order valence-corrected chi connectivity index (χ2v) is 3.91. The molecule has 0 atom stereocenters. The third-order valence-corrected chi connectivity index (χ3v) is 2.59. The van der Waals surface area contributed by atoms with E-state index in [0.29, 0.717) is 12.4 Å². The summed E-state index contributed by atoms with van der Waals surface area (Å²) >= 11 is 2.18. The van der Waals surface area contributed by atoms with Crippen LogP contribution in [0.4, 0.5) is 5.82 Å². The molecule has 5 nitrogen and oxygen atoms in total. The maximum absolute atomic E-state index is 5.48. The number of nitrogens with zero attached hydrogens (tertiary/aromatic N) is 4. The molecule has 0 spiro atoms. The summed E-state index contributed by atoms with van der Waals surface area (Å²) in [6.07, 6.45) is 3.46. The number of nitrogens with two attached hydrogens (primary N) is 1. The maximum Gasteiger partial charge on any atom is 0.123 e. The van der Waals surface area contributed by atoms with Crippen molar-refractivity contribution >= 4 is 28.4 Å². The van der Waals surface area contributed by atoms with E-state index in [4.69, 9.17) is 5.73 Å². The Labute approximate surface area is 94.5 Å². The van der Waals surface area contributed by atoms with Crippen LogP contribution in [0.3, 0.4) is 0 Å². The van der Waals surface area contributed by atoms with Gasteiger partial charge in [-0.05, 0) is 34.2 Å². The normalized spacial score (nSPS) is 10.4. The molecule has 0 saturated carbocycles. The molecule has 2 rings (SSSR count). The zero-order valence-corrected chi connectivity index (χ0v) is 9.42. The first-order valence-electron chi connectivity index (χ1n) is 4.00. The van der Waals surface area contributed by atoms with Crippen LogP contribution in [0, 0.1) is 3.70 Å². The van der Waals surface area contributed by atoms with Crippen LogP contribution in [-0.4, -0.2) is 20.0 Å². The molecule has 2 N–H and O–H groups in total. The number of nitrogen functional groups attached to an aromatic ring is 1. The van der Waals surface area contributed by atoms with Crippen molar-refractivity contribution in [3.8, 4) is 0 Å². The first kappa shape index (κ1) is 9.38. The average Bonchev–Trinajstić information content (AvgIpc) is 2.56. The van der Waals surface area contributed by atoms with Crippen molar-refractivity contribution in [3.05, 3.63) is 33.8 Å². The smallest absolute Gasteiger partial charge is 0.123 e. The minimum absolute atomic E-state index is 0.530. The van der Waals surface area contributed by atoms with Crippen LogP contribution in [0.5, 0.6) is 0 Å². The van der Waals surface area contributed by atoms with Crippen molar-refractivity contribution in [1.29, 1.82) is 0 Å². The van der Waals surface area contributed by atoms with Gasteiger partial charge >= 0.3 is 0 Å². The second-order valence-electron chi connectivity index (χ2n) is 2.81. The highest BCUT2D eigenvalue weighted by atomic mass is 127. The first-order valence-corrected chi connectivity index (χ1v) is 5.08. The van der Waals surface area contributed by atoms with Crippen molar-refractivity contribution in [2.24, 2.45) is 0 Å². The topological polar surface area (TPSA) is 69.6 Å². The van der Waals surface area contributed by atoms with Crippen molar-refractivity contribution in [2.45, 2.75) is 6.54 Å². The lowest BCUT2D eigenvalue weighted by atomic mass is 10.3. The van der Waals surface area contributed by atoms with E-state index >= 15 is 0 Å². The molecular formula is C8H8IN5. The van der Waals surface area contributed by atoms with Crippen molar-refractivity contribution in [1.82, 2.24) is 20.0 Å². The summed E-state index contributed by atoms with van der Waals surface area (Å²) < 4.78 is 2.80. The van der Waals surface area contributed by atoms with E-state index in [1.165, 1.54) is 0 Å². The molecule has 0 unspecified atom stereocenters. The molecule has 2 aromatic rings. The molecule has 2 heterocycles. The van der Waals surface area contributed by atoms with E-state index in [2.05, 4.69) is 37.9 Å². The molecule has 6 heteroatoms. The largest absolute Gasteiger partial charge is 0.384 e. The lowest BCUT2D eigenvalue weighted by Gasteiger charge is -2.01. The van der Waals surface area contributed by atoms with Crippen LogP contribution >= 0.6 is 22.6 Å².